The van der Waals surface area contributed by atoms with Gasteiger partial charge in [-0.15, -0.1) is 0 Å². The minimum absolute atomic E-state index is 0.731. The molecule has 0 bridgehead atoms. The molecule has 0 radical (unpaired) electrons. The Bertz CT molecular complexity index is 360. The van der Waals surface area contributed by atoms with E-state index in [0.29, 0.717) is 0 Å². The molecule has 1 nitrogen and oxygen atoms in total. The van der Waals surface area contributed by atoms with E-state index < -0.39 is 0 Å². The molecule has 1 N–H and O–H groups in total. The summed E-state index contributed by atoms with van der Waals surface area (Å²) in [4.78, 5) is 0. The fourth-order valence-electron chi connectivity index (χ4n) is 2.94. The molecule has 2 rings (SSSR count). The lowest BCUT2D eigenvalue weighted by Crippen LogP contribution is -2.33. The maximum atomic E-state index is 3.73. The first-order valence-electron chi connectivity index (χ1n) is 7.00. The summed E-state index contributed by atoms with van der Waals surface area (Å²) < 4.78 is 0. The van der Waals surface area contributed by atoms with Gasteiger partial charge in [-0.1, -0.05) is 29.3 Å². The van der Waals surface area contributed by atoms with Crippen LogP contribution < -0.4 is 5.32 Å². The Balaban J connectivity index is 1.81. The summed E-state index contributed by atoms with van der Waals surface area (Å²) in [6, 6.07) is 7.57. The molecule has 0 spiro atoms. The van der Waals surface area contributed by atoms with E-state index in [2.05, 4.69) is 43.6 Å². The molecule has 2 heteroatoms. The van der Waals surface area contributed by atoms with E-state index in [1.807, 2.05) is 11.8 Å². The Morgan fingerprint density at radius 2 is 1.67 bits per heavy atom. The Hall–Kier alpha value is -0.470. The normalized spacial score (nSPS) is 24.2. The van der Waals surface area contributed by atoms with Gasteiger partial charge in [0.25, 0.3) is 0 Å². The van der Waals surface area contributed by atoms with Crippen molar-refractivity contribution in [3.8, 4) is 0 Å². The van der Waals surface area contributed by atoms with Gasteiger partial charge in [0.15, 0.2) is 0 Å². The van der Waals surface area contributed by atoms with Crippen LogP contribution in [0.1, 0.15) is 42.4 Å². The summed E-state index contributed by atoms with van der Waals surface area (Å²) >= 11 is 2.04. The fourth-order valence-corrected chi connectivity index (χ4v) is 3.68. The molecular formula is C16H25NS. The van der Waals surface area contributed by atoms with Gasteiger partial charge in [-0.25, -0.2) is 0 Å². The van der Waals surface area contributed by atoms with Crippen LogP contribution in [0.4, 0.5) is 0 Å². The number of aryl methyl sites for hydroxylation is 2. The highest BCUT2D eigenvalue weighted by molar-refractivity contribution is 7.99. The van der Waals surface area contributed by atoms with E-state index in [1.54, 1.807) is 0 Å². The molecule has 0 saturated heterocycles. The highest BCUT2D eigenvalue weighted by Crippen LogP contribution is 2.27. The summed E-state index contributed by atoms with van der Waals surface area (Å²) in [5.41, 5.74) is 4.18. The number of hydrogen-bond donors (Lipinski definition) is 1. The van der Waals surface area contributed by atoms with Gasteiger partial charge in [0.2, 0.25) is 0 Å². The van der Waals surface area contributed by atoms with Crippen molar-refractivity contribution in [2.75, 3.05) is 6.26 Å². The van der Waals surface area contributed by atoms with Crippen LogP contribution in [0.5, 0.6) is 0 Å². The number of thioether (sulfide) groups is 1. The minimum atomic E-state index is 0.731. The first-order valence-corrected chi connectivity index (χ1v) is 8.29. The summed E-state index contributed by atoms with van der Waals surface area (Å²) in [6.45, 7) is 5.39. The lowest BCUT2D eigenvalue weighted by Gasteiger charge is -2.28. The molecule has 0 heterocycles. The summed E-state index contributed by atoms with van der Waals surface area (Å²) in [7, 11) is 0. The van der Waals surface area contributed by atoms with Crippen LogP contribution in [-0.4, -0.2) is 17.5 Å². The zero-order chi connectivity index (χ0) is 13.0. The highest BCUT2D eigenvalue weighted by Gasteiger charge is 2.19. The Kier molecular flexibility index (Phi) is 5.13. The first kappa shape index (κ1) is 14.0. The zero-order valence-corrected chi connectivity index (χ0v) is 12.6. The number of nitrogens with one attached hydrogen (secondary N) is 1. The number of hydrogen-bond acceptors (Lipinski definition) is 2. The lowest BCUT2D eigenvalue weighted by molar-refractivity contribution is 0.379. The molecule has 100 valence electrons. The molecule has 0 amide bonds. The molecule has 1 fully saturated rings. The Labute approximate surface area is 116 Å². The third-order valence-corrected chi connectivity index (χ3v) is 5.02. The van der Waals surface area contributed by atoms with Crippen molar-refractivity contribution in [2.24, 2.45) is 0 Å². The van der Waals surface area contributed by atoms with Crippen LogP contribution in [0.25, 0.3) is 0 Å². The van der Waals surface area contributed by atoms with Gasteiger partial charge >= 0.3 is 0 Å². The van der Waals surface area contributed by atoms with Gasteiger partial charge in [0.05, 0.1) is 0 Å². The van der Waals surface area contributed by atoms with E-state index in [4.69, 9.17) is 0 Å². The molecule has 0 atom stereocenters. The largest absolute Gasteiger partial charge is 0.310 e. The molecule has 1 aliphatic carbocycles. The van der Waals surface area contributed by atoms with Gasteiger partial charge in [0, 0.05) is 17.8 Å². The van der Waals surface area contributed by atoms with Gasteiger partial charge in [-0.2, -0.15) is 11.8 Å². The predicted octanol–water partition coefficient (Wildman–Crippen LogP) is 4.07. The lowest BCUT2D eigenvalue weighted by atomic mass is 9.94. The average molecular weight is 263 g/mol. The smallest absolute Gasteiger partial charge is 0.0208 e. The van der Waals surface area contributed by atoms with Crippen molar-refractivity contribution in [3.05, 3.63) is 34.9 Å². The standard InChI is InChI=1S/C16H25NS/c1-12-8-13(2)10-14(9-12)11-17-15-4-6-16(18-3)7-5-15/h8-10,15-17H,4-7,11H2,1-3H3. The summed E-state index contributed by atoms with van der Waals surface area (Å²) in [6.07, 6.45) is 7.69. The maximum Gasteiger partial charge on any atom is 0.0208 e. The predicted molar refractivity (Wildman–Crippen MR) is 82.3 cm³/mol. The van der Waals surface area contributed by atoms with Crippen LogP contribution in [-0.2, 0) is 6.54 Å². The van der Waals surface area contributed by atoms with Crippen LogP contribution in [0.15, 0.2) is 18.2 Å². The Morgan fingerprint density at radius 3 is 2.22 bits per heavy atom. The molecule has 0 aromatic heterocycles. The second-order valence-corrected chi connectivity index (χ2v) is 6.72. The monoisotopic (exact) mass is 263 g/mol. The fraction of sp³-hybridized carbons (Fsp3) is 0.625. The first-order chi connectivity index (χ1) is 8.67. The Morgan fingerprint density at radius 1 is 1.06 bits per heavy atom. The molecular weight excluding hydrogens is 238 g/mol. The SMILES string of the molecule is CSC1CCC(NCc2cc(C)cc(C)c2)CC1. The van der Waals surface area contributed by atoms with Gasteiger partial charge in [-0.3, -0.25) is 0 Å². The molecule has 1 aliphatic rings. The van der Waals surface area contributed by atoms with Crippen molar-refractivity contribution < 1.29 is 0 Å². The second kappa shape index (κ2) is 6.63. The van der Waals surface area contributed by atoms with E-state index >= 15 is 0 Å². The van der Waals surface area contributed by atoms with E-state index in [-0.39, 0.29) is 0 Å². The zero-order valence-electron chi connectivity index (χ0n) is 11.8. The van der Waals surface area contributed by atoms with Gasteiger partial charge in [0.1, 0.15) is 0 Å². The second-order valence-electron chi connectivity index (χ2n) is 5.59. The van der Waals surface area contributed by atoms with Gasteiger partial charge in [-0.05, 0) is 51.3 Å². The van der Waals surface area contributed by atoms with Gasteiger partial charge < -0.3 is 5.32 Å². The van der Waals surface area contributed by atoms with Crippen molar-refractivity contribution >= 4 is 11.8 Å². The van der Waals surface area contributed by atoms with Crippen molar-refractivity contribution in [3.63, 3.8) is 0 Å². The average Bonchev–Trinajstić information content (AvgIpc) is 2.36. The molecule has 18 heavy (non-hydrogen) atoms. The quantitative estimate of drug-likeness (QED) is 0.879. The summed E-state index contributed by atoms with van der Waals surface area (Å²) in [5, 5.41) is 4.63. The third kappa shape index (κ3) is 4.03. The molecule has 0 unspecified atom stereocenters. The topological polar surface area (TPSA) is 12.0 Å². The van der Waals surface area contributed by atoms with Crippen LogP contribution in [0.2, 0.25) is 0 Å². The van der Waals surface area contributed by atoms with Crippen LogP contribution in [0, 0.1) is 13.8 Å². The molecule has 1 saturated carbocycles. The van der Waals surface area contributed by atoms with E-state index in [1.165, 1.54) is 42.4 Å². The molecule has 1 aromatic rings. The van der Waals surface area contributed by atoms with Crippen molar-refractivity contribution in [2.45, 2.75) is 57.4 Å². The maximum absolute atomic E-state index is 3.73. The third-order valence-electron chi connectivity index (χ3n) is 3.88. The molecule has 1 aromatic carbocycles. The number of rotatable bonds is 4. The summed E-state index contributed by atoms with van der Waals surface area (Å²) in [5.74, 6) is 0. The van der Waals surface area contributed by atoms with Crippen LogP contribution in [0.3, 0.4) is 0 Å². The highest BCUT2D eigenvalue weighted by atomic mass is 32.2. The minimum Gasteiger partial charge on any atom is -0.310 e. The number of benzene rings is 1. The van der Waals surface area contributed by atoms with Crippen molar-refractivity contribution in [1.29, 1.82) is 0 Å². The van der Waals surface area contributed by atoms with Crippen molar-refractivity contribution in [1.82, 2.24) is 5.32 Å². The molecule has 0 aliphatic heterocycles. The van der Waals surface area contributed by atoms with Crippen LogP contribution >= 0.6 is 11.8 Å². The van der Waals surface area contributed by atoms with E-state index in [9.17, 15) is 0 Å². The van der Waals surface area contributed by atoms with E-state index in [0.717, 1.165) is 17.8 Å².